The van der Waals surface area contributed by atoms with E-state index in [9.17, 15) is 4.39 Å². The van der Waals surface area contributed by atoms with Crippen molar-refractivity contribution in [2.24, 2.45) is 4.99 Å². The summed E-state index contributed by atoms with van der Waals surface area (Å²) in [6.45, 7) is 9.14. The highest BCUT2D eigenvalue weighted by atomic mass is 19.1. The normalized spacial score (nSPS) is 16.6. The molecule has 3 rings (SSSR count). The molecule has 7 heteroatoms. The molecule has 1 saturated heterocycles. The summed E-state index contributed by atoms with van der Waals surface area (Å²) in [6, 6.07) is 8.86. The van der Waals surface area contributed by atoms with Crippen LogP contribution in [0, 0.1) is 5.82 Å². The number of nitrogens with zero attached hydrogens (tertiary/aromatic N) is 4. The van der Waals surface area contributed by atoms with E-state index in [0.717, 1.165) is 44.4 Å². The van der Waals surface area contributed by atoms with Gasteiger partial charge in [-0.1, -0.05) is 37.2 Å². The zero-order valence-electron chi connectivity index (χ0n) is 16.3. The van der Waals surface area contributed by atoms with Crippen molar-refractivity contribution in [1.29, 1.82) is 0 Å². The van der Waals surface area contributed by atoms with Gasteiger partial charge in [0.15, 0.2) is 5.96 Å². The zero-order valence-corrected chi connectivity index (χ0v) is 16.3. The highest BCUT2D eigenvalue weighted by Crippen LogP contribution is 2.24. The number of hydrogen-bond donors (Lipinski definition) is 1. The minimum absolute atomic E-state index is 0.166. The predicted molar refractivity (Wildman–Crippen MR) is 104 cm³/mol. The molecule has 1 aromatic carbocycles. The molecular formula is C20H28FN5O. The Labute approximate surface area is 160 Å². The van der Waals surface area contributed by atoms with E-state index in [1.54, 1.807) is 19.4 Å². The summed E-state index contributed by atoms with van der Waals surface area (Å²) >= 11 is 0. The van der Waals surface area contributed by atoms with E-state index in [0.29, 0.717) is 12.1 Å². The van der Waals surface area contributed by atoms with Crippen molar-refractivity contribution in [2.45, 2.75) is 25.8 Å². The van der Waals surface area contributed by atoms with Crippen molar-refractivity contribution in [2.75, 3.05) is 39.8 Å². The predicted octanol–water partition coefficient (Wildman–Crippen LogP) is 2.48. The Bertz CT molecular complexity index is 751. The van der Waals surface area contributed by atoms with Gasteiger partial charge in [-0.05, 0) is 11.6 Å². The molecule has 1 aliphatic heterocycles. The number of guanidine groups is 1. The number of hydrogen-bond acceptors (Lipinski definition) is 4. The second kappa shape index (κ2) is 8.52. The summed E-state index contributed by atoms with van der Waals surface area (Å²) in [5, 5.41) is 7.40. The minimum Gasteiger partial charge on any atom is -0.364 e. The van der Waals surface area contributed by atoms with Crippen molar-refractivity contribution in [3.8, 4) is 0 Å². The second-order valence-corrected chi connectivity index (χ2v) is 7.52. The Balaban J connectivity index is 1.53. The fraction of sp³-hybridized carbons (Fsp3) is 0.500. The number of benzene rings is 1. The molecule has 0 amide bonds. The summed E-state index contributed by atoms with van der Waals surface area (Å²) in [5.41, 5.74) is 1.33. The quantitative estimate of drug-likeness (QED) is 0.645. The molecule has 0 unspecified atom stereocenters. The molecule has 0 radical (unpaired) electrons. The van der Waals surface area contributed by atoms with Crippen molar-refractivity contribution < 1.29 is 8.91 Å². The molecular weight excluding hydrogens is 345 g/mol. The van der Waals surface area contributed by atoms with E-state index in [-0.39, 0.29) is 11.2 Å². The van der Waals surface area contributed by atoms with E-state index in [1.807, 2.05) is 32.0 Å². The van der Waals surface area contributed by atoms with Crippen molar-refractivity contribution >= 4 is 5.96 Å². The molecule has 6 nitrogen and oxygen atoms in total. The lowest BCUT2D eigenvalue weighted by molar-refractivity contribution is 0.168. The third-order valence-electron chi connectivity index (χ3n) is 5.05. The smallest absolute Gasteiger partial charge is 0.193 e. The van der Waals surface area contributed by atoms with Gasteiger partial charge < -0.3 is 14.7 Å². The van der Waals surface area contributed by atoms with Crippen LogP contribution in [-0.2, 0) is 12.0 Å². The Hall–Kier alpha value is -2.41. The standard InChI is InChI=1S/C20H28FN5O/c1-20(2,17-6-4-5-7-18(17)21)15-23-19(22-3)26-11-9-25(10-12-26)14-16-8-13-27-24-16/h4-8,13H,9-12,14-15H2,1-3H3,(H,22,23). The first-order chi connectivity index (χ1) is 13.0. The van der Waals surface area contributed by atoms with E-state index in [1.165, 1.54) is 6.07 Å². The molecule has 0 bridgehead atoms. The molecule has 1 aromatic heterocycles. The van der Waals surface area contributed by atoms with Crippen LogP contribution in [-0.4, -0.2) is 60.7 Å². The van der Waals surface area contributed by atoms with E-state index < -0.39 is 0 Å². The Morgan fingerprint density at radius 2 is 1.96 bits per heavy atom. The summed E-state index contributed by atoms with van der Waals surface area (Å²) in [4.78, 5) is 9.02. The average Bonchev–Trinajstić information content (AvgIpc) is 3.17. The Kier molecular flexibility index (Phi) is 6.11. The lowest BCUT2D eigenvalue weighted by Crippen LogP contribution is -2.53. The second-order valence-electron chi connectivity index (χ2n) is 7.52. The van der Waals surface area contributed by atoms with Gasteiger partial charge in [0.2, 0.25) is 0 Å². The van der Waals surface area contributed by atoms with Crippen LogP contribution in [0.15, 0.2) is 46.1 Å². The molecule has 1 fully saturated rings. The van der Waals surface area contributed by atoms with Crippen LogP contribution in [0.5, 0.6) is 0 Å². The first kappa shape index (κ1) is 19.4. The maximum absolute atomic E-state index is 14.2. The van der Waals surface area contributed by atoms with Gasteiger partial charge in [-0.25, -0.2) is 4.39 Å². The highest BCUT2D eigenvalue weighted by molar-refractivity contribution is 5.80. The van der Waals surface area contributed by atoms with E-state index in [2.05, 4.69) is 25.3 Å². The van der Waals surface area contributed by atoms with Crippen LogP contribution < -0.4 is 5.32 Å². The van der Waals surface area contributed by atoms with Gasteiger partial charge in [-0.3, -0.25) is 9.89 Å². The molecule has 27 heavy (non-hydrogen) atoms. The highest BCUT2D eigenvalue weighted by Gasteiger charge is 2.26. The van der Waals surface area contributed by atoms with E-state index in [4.69, 9.17) is 4.52 Å². The van der Waals surface area contributed by atoms with Gasteiger partial charge in [0, 0.05) is 57.8 Å². The van der Waals surface area contributed by atoms with Gasteiger partial charge >= 0.3 is 0 Å². The van der Waals surface area contributed by atoms with E-state index >= 15 is 0 Å². The van der Waals surface area contributed by atoms with Gasteiger partial charge in [0.05, 0.1) is 5.69 Å². The molecule has 146 valence electrons. The van der Waals surface area contributed by atoms with Crippen molar-refractivity contribution in [1.82, 2.24) is 20.3 Å². The fourth-order valence-corrected chi connectivity index (χ4v) is 3.40. The van der Waals surface area contributed by atoms with Crippen LogP contribution in [0.1, 0.15) is 25.1 Å². The Morgan fingerprint density at radius 1 is 1.22 bits per heavy atom. The molecule has 0 spiro atoms. The number of piperazine rings is 1. The molecule has 0 atom stereocenters. The summed E-state index contributed by atoms with van der Waals surface area (Å²) in [5.74, 6) is 0.696. The minimum atomic E-state index is -0.337. The monoisotopic (exact) mass is 373 g/mol. The molecule has 2 aromatic rings. The molecule has 0 aliphatic carbocycles. The molecule has 1 N–H and O–H groups in total. The van der Waals surface area contributed by atoms with Crippen LogP contribution in [0.4, 0.5) is 4.39 Å². The number of rotatable bonds is 5. The van der Waals surface area contributed by atoms with Crippen LogP contribution in [0.2, 0.25) is 0 Å². The third kappa shape index (κ3) is 4.86. The maximum atomic E-state index is 14.2. The number of aliphatic imine (C=N–C) groups is 1. The summed E-state index contributed by atoms with van der Waals surface area (Å²) < 4.78 is 19.1. The average molecular weight is 373 g/mol. The largest absolute Gasteiger partial charge is 0.364 e. The van der Waals surface area contributed by atoms with Gasteiger partial charge in [0.25, 0.3) is 0 Å². The van der Waals surface area contributed by atoms with Crippen LogP contribution in [0.25, 0.3) is 0 Å². The number of halogens is 1. The summed E-state index contributed by atoms with van der Waals surface area (Å²) in [6.07, 6.45) is 1.61. The van der Waals surface area contributed by atoms with Gasteiger partial charge in [-0.15, -0.1) is 0 Å². The van der Waals surface area contributed by atoms with Crippen LogP contribution in [0.3, 0.4) is 0 Å². The third-order valence-corrected chi connectivity index (χ3v) is 5.05. The summed E-state index contributed by atoms with van der Waals surface area (Å²) in [7, 11) is 1.79. The van der Waals surface area contributed by atoms with Gasteiger partial charge in [-0.2, -0.15) is 0 Å². The number of aromatic nitrogens is 1. The van der Waals surface area contributed by atoms with Crippen molar-refractivity contribution in [3.63, 3.8) is 0 Å². The first-order valence-electron chi connectivity index (χ1n) is 9.32. The first-order valence-corrected chi connectivity index (χ1v) is 9.32. The zero-order chi connectivity index (χ0) is 19.3. The molecule has 0 saturated carbocycles. The SMILES string of the molecule is CN=C(NCC(C)(C)c1ccccc1F)N1CCN(Cc2ccon2)CC1. The number of nitrogens with one attached hydrogen (secondary N) is 1. The Morgan fingerprint density at radius 3 is 2.59 bits per heavy atom. The van der Waals surface area contributed by atoms with Gasteiger partial charge in [0.1, 0.15) is 12.1 Å². The lowest BCUT2D eigenvalue weighted by atomic mass is 9.84. The molecule has 1 aliphatic rings. The fourth-order valence-electron chi connectivity index (χ4n) is 3.40. The van der Waals surface area contributed by atoms with Crippen molar-refractivity contribution in [3.05, 3.63) is 53.7 Å². The van der Waals surface area contributed by atoms with Crippen LogP contribution >= 0.6 is 0 Å². The lowest BCUT2D eigenvalue weighted by Gasteiger charge is -2.37. The molecule has 2 heterocycles. The topological polar surface area (TPSA) is 56.9 Å². The maximum Gasteiger partial charge on any atom is 0.193 e.